The summed E-state index contributed by atoms with van der Waals surface area (Å²) in [5, 5.41) is 0. The number of likely N-dealkylation sites (tertiary alicyclic amines) is 2. The lowest BCUT2D eigenvalue weighted by atomic mass is 9.90. The number of rotatable bonds is 12. The van der Waals surface area contributed by atoms with Gasteiger partial charge in [0.05, 0.1) is 12.3 Å². The quantitative estimate of drug-likeness (QED) is 0.165. The van der Waals surface area contributed by atoms with Gasteiger partial charge < -0.3 is 14.1 Å². The Balaban J connectivity index is 1.02. The summed E-state index contributed by atoms with van der Waals surface area (Å²) in [7, 11) is 0. The predicted octanol–water partition coefficient (Wildman–Crippen LogP) is 7.75. The SMILES string of the molecule is O=C(CCC(c1ccco1)N1CCCC1)c1cccc(OC2CCN(CC(c3ccccc3)c3ccccc3)CC2)c1. The third-order valence-corrected chi connectivity index (χ3v) is 8.94. The van der Waals surface area contributed by atoms with E-state index >= 15 is 0 Å². The smallest absolute Gasteiger partial charge is 0.163 e. The van der Waals surface area contributed by atoms with Crippen molar-refractivity contribution in [3.8, 4) is 5.75 Å². The average Bonchev–Trinajstić information content (AvgIpc) is 3.78. The zero-order chi connectivity index (χ0) is 28.6. The molecule has 0 bridgehead atoms. The minimum atomic E-state index is 0.164. The number of hydrogen-bond acceptors (Lipinski definition) is 5. The van der Waals surface area contributed by atoms with E-state index in [0.717, 1.165) is 69.1 Å². The van der Waals surface area contributed by atoms with Crippen LogP contribution in [0, 0.1) is 0 Å². The van der Waals surface area contributed by atoms with Crippen LogP contribution in [0.4, 0.5) is 0 Å². The van der Waals surface area contributed by atoms with Gasteiger partial charge >= 0.3 is 0 Å². The Kier molecular flexibility index (Phi) is 9.48. The fourth-order valence-corrected chi connectivity index (χ4v) is 6.63. The van der Waals surface area contributed by atoms with Crippen molar-refractivity contribution in [1.29, 1.82) is 0 Å². The first kappa shape index (κ1) is 28.4. The van der Waals surface area contributed by atoms with Gasteiger partial charge in [-0.1, -0.05) is 72.8 Å². The highest BCUT2D eigenvalue weighted by Gasteiger charge is 2.27. The standard InChI is InChI=1S/C37H42N2O3/c40-36(19-18-35(37-17-10-26-41-37)39-22-7-8-23-39)31-15-9-16-33(27-31)42-32-20-24-38(25-21-32)28-34(29-11-3-1-4-12-29)30-13-5-2-6-14-30/h1-6,9-17,26-27,32,34-35H,7-8,18-25,28H2. The number of ether oxygens (including phenoxy) is 1. The summed E-state index contributed by atoms with van der Waals surface area (Å²) >= 11 is 0. The van der Waals surface area contributed by atoms with E-state index in [0.29, 0.717) is 12.3 Å². The monoisotopic (exact) mass is 562 g/mol. The third kappa shape index (κ3) is 7.21. The van der Waals surface area contributed by atoms with Crippen LogP contribution in [0.3, 0.4) is 0 Å². The molecule has 42 heavy (non-hydrogen) atoms. The van der Waals surface area contributed by atoms with Crippen molar-refractivity contribution >= 4 is 5.78 Å². The first-order valence-electron chi connectivity index (χ1n) is 15.6. The lowest BCUT2D eigenvalue weighted by Gasteiger charge is -2.34. The molecule has 5 heteroatoms. The van der Waals surface area contributed by atoms with Crippen LogP contribution in [0.15, 0.2) is 108 Å². The van der Waals surface area contributed by atoms with E-state index in [4.69, 9.17) is 9.15 Å². The van der Waals surface area contributed by atoms with Gasteiger partial charge in [-0.15, -0.1) is 0 Å². The van der Waals surface area contributed by atoms with Crippen LogP contribution in [0.2, 0.25) is 0 Å². The fraction of sp³-hybridized carbons (Fsp3) is 0.378. The highest BCUT2D eigenvalue weighted by Crippen LogP contribution is 2.31. The van der Waals surface area contributed by atoms with Gasteiger partial charge in [-0.05, 0) is 80.6 Å². The molecule has 5 nitrogen and oxygen atoms in total. The van der Waals surface area contributed by atoms with Gasteiger partial charge in [0.25, 0.3) is 0 Å². The van der Waals surface area contributed by atoms with Crippen LogP contribution in [0.5, 0.6) is 5.75 Å². The zero-order valence-corrected chi connectivity index (χ0v) is 24.4. The maximum absolute atomic E-state index is 13.2. The van der Waals surface area contributed by atoms with Gasteiger partial charge in [0.15, 0.2) is 5.78 Å². The van der Waals surface area contributed by atoms with E-state index in [-0.39, 0.29) is 17.9 Å². The van der Waals surface area contributed by atoms with Gasteiger partial charge in [0.1, 0.15) is 17.6 Å². The Morgan fingerprint density at radius 1 is 0.810 bits per heavy atom. The number of piperidine rings is 1. The molecule has 0 N–H and O–H groups in total. The molecule has 0 saturated carbocycles. The predicted molar refractivity (Wildman–Crippen MR) is 167 cm³/mol. The van der Waals surface area contributed by atoms with Crippen molar-refractivity contribution in [2.75, 3.05) is 32.7 Å². The van der Waals surface area contributed by atoms with Gasteiger partial charge in [-0.25, -0.2) is 0 Å². The van der Waals surface area contributed by atoms with Crippen molar-refractivity contribution < 1.29 is 13.9 Å². The zero-order valence-electron chi connectivity index (χ0n) is 24.4. The fourth-order valence-electron chi connectivity index (χ4n) is 6.63. The Bertz CT molecular complexity index is 1340. The van der Waals surface area contributed by atoms with E-state index in [1.165, 1.54) is 24.0 Å². The summed E-state index contributed by atoms with van der Waals surface area (Å²) in [6, 6.07) is 33.6. The summed E-state index contributed by atoms with van der Waals surface area (Å²) in [6.07, 6.45) is 7.54. The number of benzene rings is 3. The molecule has 6 rings (SSSR count). The molecule has 2 aliphatic heterocycles. The van der Waals surface area contributed by atoms with Crippen molar-refractivity contribution in [2.24, 2.45) is 0 Å². The van der Waals surface area contributed by atoms with Crippen molar-refractivity contribution in [3.63, 3.8) is 0 Å². The number of carbonyl (C=O) groups is 1. The molecular weight excluding hydrogens is 520 g/mol. The topological polar surface area (TPSA) is 45.9 Å². The second-order valence-corrected chi connectivity index (χ2v) is 11.8. The van der Waals surface area contributed by atoms with Crippen molar-refractivity contribution in [3.05, 3.63) is 126 Å². The minimum absolute atomic E-state index is 0.164. The van der Waals surface area contributed by atoms with Gasteiger partial charge in [-0.2, -0.15) is 0 Å². The number of carbonyl (C=O) groups excluding carboxylic acids is 1. The molecule has 1 atom stereocenters. The molecule has 218 valence electrons. The number of hydrogen-bond donors (Lipinski definition) is 0. The number of Topliss-reactive ketones (excluding diaryl/α,β-unsaturated/α-hetero) is 1. The second kappa shape index (κ2) is 14.0. The van der Waals surface area contributed by atoms with Crippen LogP contribution in [-0.2, 0) is 0 Å². The molecule has 3 heterocycles. The van der Waals surface area contributed by atoms with Crippen LogP contribution in [0.1, 0.15) is 77.7 Å². The first-order valence-corrected chi connectivity index (χ1v) is 15.6. The Labute approximate surface area is 250 Å². The summed E-state index contributed by atoms with van der Waals surface area (Å²) in [4.78, 5) is 18.3. The summed E-state index contributed by atoms with van der Waals surface area (Å²) in [6.45, 7) is 5.15. The van der Waals surface area contributed by atoms with E-state index in [9.17, 15) is 4.79 Å². The van der Waals surface area contributed by atoms with E-state index < -0.39 is 0 Å². The summed E-state index contributed by atoms with van der Waals surface area (Å²) in [5.41, 5.74) is 3.46. The lowest BCUT2D eigenvalue weighted by Crippen LogP contribution is -2.40. The van der Waals surface area contributed by atoms with Gasteiger partial charge in [-0.3, -0.25) is 9.69 Å². The molecule has 0 radical (unpaired) electrons. The van der Waals surface area contributed by atoms with Crippen LogP contribution in [-0.4, -0.2) is 54.4 Å². The van der Waals surface area contributed by atoms with Crippen molar-refractivity contribution in [2.45, 2.75) is 56.6 Å². The third-order valence-electron chi connectivity index (χ3n) is 8.94. The molecule has 3 aromatic carbocycles. The molecule has 0 spiro atoms. The van der Waals surface area contributed by atoms with Gasteiger partial charge in [0, 0.05) is 37.5 Å². The largest absolute Gasteiger partial charge is 0.490 e. The molecule has 0 amide bonds. The van der Waals surface area contributed by atoms with Crippen LogP contribution in [0.25, 0.3) is 0 Å². The Hall–Kier alpha value is -3.67. The molecule has 4 aromatic rings. The van der Waals surface area contributed by atoms with Gasteiger partial charge in [0.2, 0.25) is 0 Å². The summed E-state index contributed by atoms with van der Waals surface area (Å²) < 4.78 is 12.2. The lowest BCUT2D eigenvalue weighted by molar-refractivity contribution is 0.0947. The first-order chi connectivity index (χ1) is 20.7. The molecule has 2 saturated heterocycles. The molecule has 1 aromatic heterocycles. The minimum Gasteiger partial charge on any atom is -0.490 e. The maximum atomic E-state index is 13.2. The van der Waals surface area contributed by atoms with Crippen molar-refractivity contribution in [1.82, 2.24) is 9.80 Å². The van der Waals surface area contributed by atoms with E-state index in [1.807, 2.05) is 36.4 Å². The maximum Gasteiger partial charge on any atom is 0.163 e. The molecule has 1 unspecified atom stereocenters. The normalized spacial score (nSPS) is 17.5. The number of nitrogens with zero attached hydrogens (tertiary/aromatic N) is 2. The number of ketones is 1. The van der Waals surface area contributed by atoms with Crippen LogP contribution < -0.4 is 4.74 Å². The highest BCUT2D eigenvalue weighted by atomic mass is 16.5. The van der Waals surface area contributed by atoms with E-state index in [2.05, 4.69) is 70.5 Å². The Morgan fingerprint density at radius 3 is 2.14 bits per heavy atom. The molecule has 0 aliphatic carbocycles. The number of furan rings is 1. The highest BCUT2D eigenvalue weighted by molar-refractivity contribution is 5.96. The average molecular weight is 563 g/mol. The molecule has 2 fully saturated rings. The summed E-state index contributed by atoms with van der Waals surface area (Å²) in [5.74, 6) is 2.28. The second-order valence-electron chi connectivity index (χ2n) is 11.8. The van der Waals surface area contributed by atoms with Crippen LogP contribution >= 0.6 is 0 Å². The Morgan fingerprint density at radius 2 is 1.50 bits per heavy atom. The molecular formula is C37H42N2O3. The van der Waals surface area contributed by atoms with E-state index in [1.54, 1.807) is 6.26 Å². The molecule has 2 aliphatic rings.